The van der Waals surface area contributed by atoms with Crippen molar-refractivity contribution in [3.05, 3.63) is 71.5 Å². The number of aryl methyl sites for hydroxylation is 1. The molecule has 0 aliphatic carbocycles. The van der Waals surface area contributed by atoms with Crippen LogP contribution in [-0.2, 0) is 55.8 Å². The maximum Gasteiger partial charge on any atom is 0.408 e. The van der Waals surface area contributed by atoms with E-state index in [-0.39, 0.29) is 70.5 Å². The summed E-state index contributed by atoms with van der Waals surface area (Å²) in [5, 5.41) is 16.5. The van der Waals surface area contributed by atoms with E-state index in [1.54, 1.807) is 105 Å². The number of esters is 1. The first-order valence-corrected chi connectivity index (χ1v) is 25.0. The van der Waals surface area contributed by atoms with E-state index in [9.17, 15) is 42.7 Å². The minimum atomic E-state index is -1.49. The molecule has 0 spiro atoms. The number of halogens is 1. The van der Waals surface area contributed by atoms with E-state index in [2.05, 4.69) is 31.9 Å². The largest absolute Gasteiger partial charge is 0.467 e. The van der Waals surface area contributed by atoms with Crippen molar-refractivity contribution in [3.8, 4) is 0 Å². The second kappa shape index (κ2) is 27.5. The summed E-state index contributed by atoms with van der Waals surface area (Å²) < 4.78 is 35.0. The summed E-state index contributed by atoms with van der Waals surface area (Å²) in [7, 11) is 1.20. The number of rotatable bonds is 22. The third-order valence-electron chi connectivity index (χ3n) is 11.3. The van der Waals surface area contributed by atoms with E-state index >= 15 is 0 Å². The highest BCUT2D eigenvalue weighted by molar-refractivity contribution is 5.95. The van der Waals surface area contributed by atoms with Crippen LogP contribution in [0.15, 0.2) is 54.6 Å². The maximum absolute atomic E-state index is 14.5. The quantitative estimate of drug-likeness (QED) is 0.0442. The minimum Gasteiger partial charge on any atom is -0.467 e. The Balaban J connectivity index is 1.91. The Hall–Kier alpha value is -6.47. The standard InChI is InChI=1S/C53H80FN7O12/c1-34(2)32-40(57-44(64)41(33-36-18-14-13-15-19-36)58-42(62)38(59-48(68)72-51(6,7)8)26-23-35-21-24-37(54)25-22-35)43(63)56-39(20-16-17-29-55-47(67)71-50(3,4)5)45(65)61-30-27-53(28-31-61,46(66)70-12)60-49(69)73-52(9,10)11/h13-15,18-19,21-22,24-25,34,38-41H,16-17,20,23,26-33H2,1-12H3,(H,55,67)(H,56,63)(H,57,64)(H,58,62)(H,59,68)(H,60,69)/t38-,39-,40-,41-/m1/s1. The monoisotopic (exact) mass is 1030 g/mol. The number of carbonyl (C=O) groups is 8. The number of nitrogens with zero attached hydrogens (tertiary/aromatic N) is 1. The molecule has 0 saturated carbocycles. The molecule has 406 valence electrons. The lowest BCUT2D eigenvalue weighted by atomic mass is 9.87. The molecule has 0 radical (unpaired) electrons. The van der Waals surface area contributed by atoms with Gasteiger partial charge in [-0.2, -0.15) is 0 Å². The van der Waals surface area contributed by atoms with Gasteiger partial charge in [0.25, 0.3) is 0 Å². The molecule has 1 saturated heterocycles. The summed E-state index contributed by atoms with van der Waals surface area (Å²) in [5.41, 5.74) is -2.57. The molecular formula is C53H80FN7O12. The molecule has 2 aromatic rings. The molecule has 73 heavy (non-hydrogen) atoms. The van der Waals surface area contributed by atoms with Crippen molar-refractivity contribution in [1.82, 2.24) is 36.8 Å². The second-order valence-corrected chi connectivity index (χ2v) is 21.8. The van der Waals surface area contributed by atoms with Gasteiger partial charge in [-0.1, -0.05) is 56.3 Å². The van der Waals surface area contributed by atoms with Gasteiger partial charge in [0.2, 0.25) is 23.6 Å². The molecule has 0 bridgehead atoms. The molecule has 19 nitrogen and oxygen atoms in total. The molecular weight excluding hydrogens is 946 g/mol. The number of hydrogen-bond acceptors (Lipinski definition) is 12. The Morgan fingerprint density at radius 1 is 0.616 bits per heavy atom. The molecule has 2 aromatic carbocycles. The molecule has 1 fully saturated rings. The molecule has 1 aliphatic heterocycles. The smallest absolute Gasteiger partial charge is 0.408 e. The number of benzene rings is 2. The van der Waals surface area contributed by atoms with Gasteiger partial charge in [-0.15, -0.1) is 0 Å². The van der Waals surface area contributed by atoms with Gasteiger partial charge in [0.1, 0.15) is 52.3 Å². The zero-order valence-electron chi connectivity index (χ0n) is 44.8. The number of likely N-dealkylation sites (tertiary alicyclic amines) is 1. The highest BCUT2D eigenvalue weighted by Gasteiger charge is 2.46. The fourth-order valence-corrected chi connectivity index (χ4v) is 7.90. The second-order valence-electron chi connectivity index (χ2n) is 21.8. The summed E-state index contributed by atoms with van der Waals surface area (Å²) >= 11 is 0. The van der Waals surface area contributed by atoms with Gasteiger partial charge >= 0.3 is 24.2 Å². The van der Waals surface area contributed by atoms with Gasteiger partial charge in [-0.3, -0.25) is 19.2 Å². The van der Waals surface area contributed by atoms with Crippen molar-refractivity contribution in [2.75, 3.05) is 26.7 Å². The van der Waals surface area contributed by atoms with Crippen LogP contribution in [0.4, 0.5) is 18.8 Å². The number of alkyl carbamates (subject to hydrolysis) is 3. The molecule has 0 aromatic heterocycles. The summed E-state index contributed by atoms with van der Waals surface area (Å²) in [5.74, 6) is -3.86. The Labute approximate surface area is 429 Å². The molecule has 3 rings (SSSR count). The molecule has 7 amide bonds. The predicted molar refractivity (Wildman–Crippen MR) is 271 cm³/mol. The van der Waals surface area contributed by atoms with E-state index in [4.69, 9.17) is 18.9 Å². The van der Waals surface area contributed by atoms with Crippen molar-refractivity contribution in [1.29, 1.82) is 0 Å². The third-order valence-corrected chi connectivity index (χ3v) is 11.3. The molecule has 1 aliphatic rings. The first-order valence-electron chi connectivity index (χ1n) is 25.0. The van der Waals surface area contributed by atoms with Crippen LogP contribution in [0.25, 0.3) is 0 Å². The number of methoxy groups -OCH3 is 1. The van der Waals surface area contributed by atoms with Crippen molar-refractivity contribution in [2.45, 2.75) is 180 Å². The van der Waals surface area contributed by atoms with Crippen molar-refractivity contribution < 1.29 is 61.7 Å². The Morgan fingerprint density at radius 3 is 1.70 bits per heavy atom. The molecule has 6 N–H and O–H groups in total. The zero-order chi connectivity index (χ0) is 54.7. The Kier molecular flexibility index (Phi) is 23.0. The molecule has 4 atom stereocenters. The van der Waals surface area contributed by atoms with E-state index < -0.39 is 100 Å². The van der Waals surface area contributed by atoms with Gasteiger partial charge in [0, 0.05) is 26.1 Å². The van der Waals surface area contributed by atoms with E-state index in [0.717, 1.165) is 0 Å². The van der Waals surface area contributed by atoms with Crippen LogP contribution in [0.5, 0.6) is 0 Å². The van der Waals surface area contributed by atoms with Crippen LogP contribution < -0.4 is 31.9 Å². The molecule has 0 unspecified atom stereocenters. The lowest BCUT2D eigenvalue weighted by Gasteiger charge is -2.41. The van der Waals surface area contributed by atoms with Crippen LogP contribution in [-0.4, -0.2) is 126 Å². The number of unbranched alkanes of at least 4 members (excludes halogenated alkanes) is 1. The highest BCUT2D eigenvalue weighted by Crippen LogP contribution is 2.26. The van der Waals surface area contributed by atoms with Crippen LogP contribution in [0.1, 0.15) is 132 Å². The number of ether oxygens (including phenoxy) is 4. The lowest BCUT2D eigenvalue weighted by Crippen LogP contribution is -2.63. The van der Waals surface area contributed by atoms with Gasteiger partial charge in [-0.05, 0) is 143 Å². The number of hydrogen-bond donors (Lipinski definition) is 6. The predicted octanol–water partition coefficient (Wildman–Crippen LogP) is 6.15. The number of amides is 7. The average molecular weight is 1030 g/mol. The minimum absolute atomic E-state index is 0.00297. The topological polar surface area (TPSA) is 249 Å². The first-order chi connectivity index (χ1) is 34.0. The van der Waals surface area contributed by atoms with Gasteiger partial charge in [0.15, 0.2) is 0 Å². The first kappa shape index (κ1) is 60.8. The van der Waals surface area contributed by atoms with Crippen molar-refractivity contribution >= 4 is 47.9 Å². The zero-order valence-corrected chi connectivity index (χ0v) is 44.8. The fraction of sp³-hybridized carbons (Fsp3) is 0.623. The Morgan fingerprint density at radius 2 is 1.14 bits per heavy atom. The number of carbonyl (C=O) groups excluding carboxylic acids is 8. The average Bonchev–Trinajstić information content (AvgIpc) is 3.27. The third kappa shape index (κ3) is 22.5. The van der Waals surface area contributed by atoms with Crippen molar-refractivity contribution in [2.24, 2.45) is 5.92 Å². The van der Waals surface area contributed by atoms with Gasteiger partial charge in [0.05, 0.1) is 7.11 Å². The summed E-state index contributed by atoms with van der Waals surface area (Å²) in [6, 6.07) is 9.82. The van der Waals surface area contributed by atoms with Gasteiger partial charge in [-0.25, -0.2) is 23.6 Å². The summed E-state index contributed by atoms with van der Waals surface area (Å²) in [6.07, 6.45) is -1.01. The van der Waals surface area contributed by atoms with E-state index in [1.165, 1.54) is 24.1 Å². The molecule has 1 heterocycles. The Bertz CT molecular complexity index is 2160. The van der Waals surface area contributed by atoms with Crippen LogP contribution in [0, 0.1) is 11.7 Å². The number of piperidine rings is 1. The van der Waals surface area contributed by atoms with Crippen molar-refractivity contribution in [3.63, 3.8) is 0 Å². The van der Waals surface area contributed by atoms with Gasteiger partial charge < -0.3 is 55.7 Å². The SMILES string of the molecule is COC(=O)C1(NC(=O)OC(C)(C)C)CCN(C(=O)[C@@H](CCCCNC(=O)OC(C)(C)C)NC(=O)[C@@H](CC(C)C)NC(=O)[C@@H](Cc2ccccc2)NC(=O)[C@@H](CCc2ccc(F)cc2)NC(=O)OC(C)(C)C)CC1. The molecule has 20 heteroatoms. The lowest BCUT2D eigenvalue weighted by molar-refractivity contribution is -0.153. The van der Waals surface area contributed by atoms with Crippen LogP contribution in [0.3, 0.4) is 0 Å². The maximum atomic E-state index is 14.5. The summed E-state index contributed by atoms with van der Waals surface area (Å²) in [6.45, 7) is 19.2. The number of nitrogens with one attached hydrogen (secondary N) is 6. The highest BCUT2D eigenvalue weighted by atomic mass is 19.1. The fourth-order valence-electron chi connectivity index (χ4n) is 7.90. The van der Waals surface area contributed by atoms with Crippen LogP contribution in [0.2, 0.25) is 0 Å². The summed E-state index contributed by atoms with van der Waals surface area (Å²) in [4.78, 5) is 111. The van der Waals surface area contributed by atoms with E-state index in [1.807, 2.05) is 13.8 Å². The van der Waals surface area contributed by atoms with E-state index in [0.29, 0.717) is 24.0 Å². The van der Waals surface area contributed by atoms with Crippen LogP contribution >= 0.6 is 0 Å². The normalized spacial score (nSPS) is 15.3.